The van der Waals surface area contributed by atoms with Crippen LogP contribution in [0, 0.1) is 0 Å². The Morgan fingerprint density at radius 3 is 2.68 bits per heavy atom. The number of aliphatic hydroxyl groups excluding tert-OH is 1. The molecule has 28 heavy (non-hydrogen) atoms. The fourth-order valence-electron chi connectivity index (χ4n) is 2.98. The predicted molar refractivity (Wildman–Crippen MR) is 104 cm³/mol. The standard InChI is InChI=1S/C20H24N2O5S/c23-19(15-6-2-1-3-7-15)14-21-20(24)16-8-4-10-18(12-16)28(25,26)22-13-17-9-5-11-27-17/h1-4,6-8,10,12,17,19,22-23H,5,9,11,13-14H2,(H,21,24). The van der Waals surface area contributed by atoms with Gasteiger partial charge in [0.25, 0.3) is 5.91 Å². The normalized spacial score (nSPS) is 18.0. The van der Waals surface area contributed by atoms with Crippen LogP contribution >= 0.6 is 0 Å². The summed E-state index contributed by atoms with van der Waals surface area (Å²) in [4.78, 5) is 12.4. The number of amides is 1. The second-order valence-electron chi connectivity index (χ2n) is 6.65. The fourth-order valence-corrected chi connectivity index (χ4v) is 4.09. The Balaban J connectivity index is 1.60. The largest absolute Gasteiger partial charge is 0.387 e. The van der Waals surface area contributed by atoms with E-state index >= 15 is 0 Å². The summed E-state index contributed by atoms with van der Waals surface area (Å²) in [5.41, 5.74) is 0.901. The van der Waals surface area contributed by atoms with E-state index in [2.05, 4.69) is 10.0 Å². The van der Waals surface area contributed by atoms with Crippen LogP contribution < -0.4 is 10.0 Å². The van der Waals surface area contributed by atoms with E-state index in [1.807, 2.05) is 6.07 Å². The lowest BCUT2D eigenvalue weighted by molar-refractivity contribution is 0.0916. The first-order chi connectivity index (χ1) is 13.5. The van der Waals surface area contributed by atoms with Gasteiger partial charge in [-0.3, -0.25) is 4.79 Å². The van der Waals surface area contributed by atoms with Crippen molar-refractivity contribution in [1.29, 1.82) is 0 Å². The Hall–Kier alpha value is -2.26. The molecule has 0 bridgehead atoms. The summed E-state index contributed by atoms with van der Waals surface area (Å²) in [6.07, 6.45) is 0.803. The van der Waals surface area contributed by atoms with E-state index in [1.165, 1.54) is 24.3 Å². The number of ether oxygens (including phenoxy) is 1. The van der Waals surface area contributed by atoms with Crippen molar-refractivity contribution in [3.05, 3.63) is 65.7 Å². The van der Waals surface area contributed by atoms with E-state index in [4.69, 9.17) is 4.74 Å². The van der Waals surface area contributed by atoms with Crippen molar-refractivity contribution in [3.63, 3.8) is 0 Å². The highest BCUT2D eigenvalue weighted by molar-refractivity contribution is 7.89. The molecule has 3 rings (SSSR count). The quantitative estimate of drug-likeness (QED) is 0.620. The molecule has 2 aromatic carbocycles. The summed E-state index contributed by atoms with van der Waals surface area (Å²) in [5.74, 6) is -0.453. The Labute approximate surface area is 164 Å². The van der Waals surface area contributed by atoms with Gasteiger partial charge in [-0.05, 0) is 36.6 Å². The Kier molecular flexibility index (Phi) is 6.79. The van der Waals surface area contributed by atoms with Gasteiger partial charge in [0.05, 0.1) is 17.1 Å². The summed E-state index contributed by atoms with van der Waals surface area (Å²) in [5, 5.41) is 12.8. The van der Waals surface area contributed by atoms with Crippen molar-refractivity contribution in [1.82, 2.24) is 10.0 Å². The zero-order chi connectivity index (χ0) is 20.0. The molecule has 1 saturated heterocycles. The van der Waals surface area contributed by atoms with Crippen LogP contribution in [0.15, 0.2) is 59.5 Å². The highest BCUT2D eigenvalue weighted by Crippen LogP contribution is 2.15. The van der Waals surface area contributed by atoms with Crippen molar-refractivity contribution in [3.8, 4) is 0 Å². The molecule has 2 aromatic rings. The van der Waals surface area contributed by atoms with Crippen molar-refractivity contribution in [2.45, 2.75) is 29.9 Å². The van der Waals surface area contributed by atoms with Crippen LogP contribution in [-0.4, -0.2) is 45.2 Å². The molecular formula is C20H24N2O5S. The molecule has 1 aliphatic rings. The van der Waals surface area contributed by atoms with Crippen LogP contribution in [0.25, 0.3) is 0 Å². The summed E-state index contributed by atoms with van der Waals surface area (Å²) < 4.78 is 32.9. The maximum Gasteiger partial charge on any atom is 0.251 e. The summed E-state index contributed by atoms with van der Waals surface area (Å²) in [7, 11) is -3.74. The second-order valence-corrected chi connectivity index (χ2v) is 8.42. The summed E-state index contributed by atoms with van der Waals surface area (Å²) in [6.45, 7) is 0.885. The topological polar surface area (TPSA) is 105 Å². The molecule has 0 spiro atoms. The van der Waals surface area contributed by atoms with Gasteiger partial charge in [0.1, 0.15) is 0 Å². The first-order valence-corrected chi connectivity index (χ1v) is 10.7. The van der Waals surface area contributed by atoms with Gasteiger partial charge < -0.3 is 15.2 Å². The van der Waals surface area contributed by atoms with E-state index < -0.39 is 22.0 Å². The number of carbonyl (C=O) groups excluding carboxylic acids is 1. The highest BCUT2D eigenvalue weighted by Gasteiger charge is 2.21. The molecule has 150 valence electrons. The second kappa shape index (κ2) is 9.29. The fraction of sp³-hybridized carbons (Fsp3) is 0.350. The zero-order valence-corrected chi connectivity index (χ0v) is 16.2. The molecule has 1 amide bonds. The molecule has 0 saturated carbocycles. The minimum Gasteiger partial charge on any atom is -0.387 e. The van der Waals surface area contributed by atoms with Crippen LogP contribution in [0.3, 0.4) is 0 Å². The predicted octanol–water partition coefficient (Wildman–Crippen LogP) is 1.61. The lowest BCUT2D eigenvalue weighted by Gasteiger charge is -2.13. The van der Waals surface area contributed by atoms with E-state index in [0.717, 1.165) is 12.8 Å². The van der Waals surface area contributed by atoms with Gasteiger partial charge in [-0.15, -0.1) is 0 Å². The maximum atomic E-state index is 12.5. The molecule has 1 aliphatic heterocycles. The summed E-state index contributed by atoms with van der Waals surface area (Å²) >= 11 is 0. The molecule has 2 unspecified atom stereocenters. The first kappa shape index (κ1) is 20.5. The molecule has 0 aliphatic carbocycles. The minimum absolute atomic E-state index is 0.0155. The van der Waals surface area contributed by atoms with Crippen molar-refractivity contribution in [2.24, 2.45) is 0 Å². The number of benzene rings is 2. The van der Waals surface area contributed by atoms with Gasteiger partial charge in [-0.25, -0.2) is 13.1 Å². The van der Waals surface area contributed by atoms with E-state index in [-0.39, 0.29) is 29.7 Å². The minimum atomic E-state index is -3.74. The van der Waals surface area contributed by atoms with Gasteiger partial charge in [0.15, 0.2) is 0 Å². The van der Waals surface area contributed by atoms with Crippen LogP contribution in [0.2, 0.25) is 0 Å². The molecule has 1 fully saturated rings. The maximum absolute atomic E-state index is 12.5. The Morgan fingerprint density at radius 1 is 1.18 bits per heavy atom. The average molecular weight is 404 g/mol. The third kappa shape index (κ3) is 5.39. The van der Waals surface area contributed by atoms with Gasteiger partial charge in [0.2, 0.25) is 10.0 Å². The summed E-state index contributed by atoms with van der Waals surface area (Å²) in [6, 6.07) is 14.8. The van der Waals surface area contributed by atoms with E-state index in [9.17, 15) is 18.3 Å². The molecule has 1 heterocycles. The zero-order valence-electron chi connectivity index (χ0n) is 15.4. The Morgan fingerprint density at radius 2 is 1.96 bits per heavy atom. The van der Waals surface area contributed by atoms with Crippen molar-refractivity contribution in [2.75, 3.05) is 19.7 Å². The monoisotopic (exact) mass is 404 g/mol. The lowest BCUT2D eigenvalue weighted by Crippen LogP contribution is -2.32. The molecule has 2 atom stereocenters. The van der Waals surface area contributed by atoms with Gasteiger partial charge in [-0.1, -0.05) is 36.4 Å². The average Bonchev–Trinajstić information content (AvgIpc) is 3.25. The number of aliphatic hydroxyl groups is 1. The number of sulfonamides is 1. The van der Waals surface area contributed by atoms with Crippen molar-refractivity contribution < 1.29 is 23.1 Å². The van der Waals surface area contributed by atoms with Crippen LogP contribution in [0.5, 0.6) is 0 Å². The van der Waals surface area contributed by atoms with E-state index in [1.54, 1.807) is 24.3 Å². The number of carbonyl (C=O) groups is 1. The molecule has 8 heteroatoms. The molecule has 0 aromatic heterocycles. The molecule has 7 nitrogen and oxygen atoms in total. The lowest BCUT2D eigenvalue weighted by atomic mass is 10.1. The van der Waals surface area contributed by atoms with Gasteiger partial charge in [0, 0.05) is 25.3 Å². The SMILES string of the molecule is O=C(NCC(O)c1ccccc1)c1cccc(S(=O)(=O)NCC2CCCO2)c1. The number of hydrogen-bond donors (Lipinski definition) is 3. The van der Waals surface area contributed by atoms with Crippen LogP contribution in [-0.2, 0) is 14.8 Å². The van der Waals surface area contributed by atoms with Crippen molar-refractivity contribution >= 4 is 15.9 Å². The van der Waals surface area contributed by atoms with Crippen LogP contribution in [0.1, 0.15) is 34.9 Å². The van der Waals surface area contributed by atoms with Gasteiger partial charge in [-0.2, -0.15) is 0 Å². The molecule has 3 N–H and O–H groups in total. The van der Waals surface area contributed by atoms with E-state index in [0.29, 0.717) is 12.2 Å². The van der Waals surface area contributed by atoms with Crippen LogP contribution in [0.4, 0.5) is 0 Å². The third-order valence-corrected chi connectivity index (χ3v) is 5.99. The smallest absolute Gasteiger partial charge is 0.251 e. The molecule has 0 radical (unpaired) electrons. The third-order valence-electron chi connectivity index (χ3n) is 4.57. The number of nitrogens with one attached hydrogen (secondary N) is 2. The van der Waals surface area contributed by atoms with Gasteiger partial charge >= 0.3 is 0 Å². The molecular weight excluding hydrogens is 380 g/mol. The number of rotatable bonds is 8. The first-order valence-electron chi connectivity index (χ1n) is 9.18. The number of hydrogen-bond acceptors (Lipinski definition) is 5. The highest BCUT2D eigenvalue weighted by atomic mass is 32.2. The Bertz CT molecular complexity index is 896.